The van der Waals surface area contributed by atoms with E-state index in [1.54, 1.807) is 0 Å². The van der Waals surface area contributed by atoms with E-state index in [2.05, 4.69) is 31.4 Å². The van der Waals surface area contributed by atoms with Gasteiger partial charge in [-0.25, -0.2) is 0 Å². The first kappa shape index (κ1) is 13.9. The van der Waals surface area contributed by atoms with Crippen LogP contribution in [0, 0.1) is 5.92 Å². The Balaban J connectivity index is 1.79. The summed E-state index contributed by atoms with van der Waals surface area (Å²) in [5.74, 6) is 0.905. The summed E-state index contributed by atoms with van der Waals surface area (Å²) in [5.41, 5.74) is 0. The molecule has 1 aliphatic carbocycles. The van der Waals surface area contributed by atoms with Crippen molar-refractivity contribution >= 4 is 0 Å². The number of ether oxygens (including phenoxy) is 1. The van der Waals surface area contributed by atoms with Crippen LogP contribution in [0.2, 0.25) is 0 Å². The Morgan fingerprint density at radius 2 is 1.94 bits per heavy atom. The lowest BCUT2D eigenvalue weighted by Gasteiger charge is -2.35. The molecule has 96 valence electrons. The molecular formula is C13H28N2O. The fourth-order valence-electron chi connectivity index (χ4n) is 2.16. The summed E-state index contributed by atoms with van der Waals surface area (Å²) < 4.78 is 5.55. The first-order valence-corrected chi connectivity index (χ1v) is 6.78. The summed E-state index contributed by atoms with van der Waals surface area (Å²) in [6.07, 6.45) is 4.43. The molecule has 2 N–H and O–H groups in total. The second kappa shape index (κ2) is 8.04. The number of hydrogen-bond acceptors (Lipinski definition) is 3. The third-order valence-electron chi connectivity index (χ3n) is 3.18. The normalized spacial score (nSPS) is 24.8. The Morgan fingerprint density at radius 3 is 2.56 bits per heavy atom. The molecular weight excluding hydrogens is 200 g/mol. The van der Waals surface area contributed by atoms with Crippen LogP contribution in [0.1, 0.15) is 40.0 Å². The van der Waals surface area contributed by atoms with Gasteiger partial charge < -0.3 is 15.4 Å². The van der Waals surface area contributed by atoms with E-state index in [-0.39, 0.29) is 0 Å². The van der Waals surface area contributed by atoms with Crippen LogP contribution in [0.4, 0.5) is 0 Å². The van der Waals surface area contributed by atoms with Crippen molar-refractivity contribution in [3.05, 3.63) is 0 Å². The number of hydrogen-bond donors (Lipinski definition) is 2. The molecule has 0 radical (unpaired) electrons. The molecule has 0 atom stereocenters. The molecule has 0 aromatic rings. The fraction of sp³-hybridized carbons (Fsp3) is 1.00. The first-order valence-electron chi connectivity index (χ1n) is 6.78. The topological polar surface area (TPSA) is 33.3 Å². The van der Waals surface area contributed by atoms with E-state index in [0.29, 0.717) is 12.1 Å². The minimum Gasteiger partial charge on any atom is -0.378 e. The summed E-state index contributed by atoms with van der Waals surface area (Å²) in [7, 11) is 0. The average molecular weight is 228 g/mol. The van der Waals surface area contributed by atoms with Crippen LogP contribution in [0.15, 0.2) is 0 Å². The van der Waals surface area contributed by atoms with E-state index in [1.165, 1.54) is 19.3 Å². The van der Waals surface area contributed by atoms with Crippen molar-refractivity contribution in [1.29, 1.82) is 0 Å². The zero-order valence-electron chi connectivity index (χ0n) is 11.1. The zero-order valence-corrected chi connectivity index (χ0v) is 11.1. The van der Waals surface area contributed by atoms with E-state index in [0.717, 1.165) is 32.2 Å². The molecule has 0 aliphatic heterocycles. The molecule has 3 nitrogen and oxygen atoms in total. The summed E-state index contributed by atoms with van der Waals surface area (Å²) in [5, 5.41) is 6.89. The molecule has 1 aliphatic rings. The van der Waals surface area contributed by atoms with Crippen LogP contribution >= 0.6 is 0 Å². The van der Waals surface area contributed by atoms with Crippen LogP contribution in [0.5, 0.6) is 0 Å². The standard InChI is InChI=1S/C13H28N2O/c1-4-16-13-9-12(10-13)5-6-14-7-8-15-11(2)3/h11-15H,4-10H2,1-3H3. The monoisotopic (exact) mass is 228 g/mol. The largest absolute Gasteiger partial charge is 0.378 e. The summed E-state index contributed by atoms with van der Waals surface area (Å²) in [4.78, 5) is 0. The maximum absolute atomic E-state index is 5.55. The maximum atomic E-state index is 5.55. The molecule has 0 amide bonds. The Kier molecular flexibility index (Phi) is 7.01. The van der Waals surface area contributed by atoms with Crippen molar-refractivity contribution in [3.8, 4) is 0 Å². The lowest BCUT2D eigenvalue weighted by molar-refractivity contribution is -0.0262. The van der Waals surface area contributed by atoms with E-state index in [9.17, 15) is 0 Å². The lowest BCUT2D eigenvalue weighted by atomic mass is 9.80. The van der Waals surface area contributed by atoms with Crippen molar-refractivity contribution in [3.63, 3.8) is 0 Å². The van der Waals surface area contributed by atoms with E-state index in [1.807, 2.05) is 0 Å². The Bertz CT molecular complexity index is 167. The van der Waals surface area contributed by atoms with Gasteiger partial charge in [0.2, 0.25) is 0 Å². The van der Waals surface area contributed by atoms with Gasteiger partial charge in [-0.05, 0) is 38.6 Å². The minimum absolute atomic E-state index is 0.567. The van der Waals surface area contributed by atoms with Gasteiger partial charge in [-0.3, -0.25) is 0 Å². The Labute approximate surface area is 100 Å². The third kappa shape index (κ3) is 5.83. The predicted octanol–water partition coefficient (Wildman–Crippen LogP) is 1.78. The van der Waals surface area contributed by atoms with Gasteiger partial charge >= 0.3 is 0 Å². The van der Waals surface area contributed by atoms with Crippen molar-refractivity contribution in [2.24, 2.45) is 5.92 Å². The smallest absolute Gasteiger partial charge is 0.0580 e. The third-order valence-corrected chi connectivity index (χ3v) is 3.18. The van der Waals surface area contributed by atoms with Crippen molar-refractivity contribution in [1.82, 2.24) is 10.6 Å². The van der Waals surface area contributed by atoms with Crippen LogP contribution in [0.3, 0.4) is 0 Å². The van der Waals surface area contributed by atoms with E-state index in [4.69, 9.17) is 4.74 Å². The highest BCUT2D eigenvalue weighted by Gasteiger charge is 2.28. The second-order valence-electron chi connectivity index (χ2n) is 5.06. The molecule has 0 saturated heterocycles. The zero-order chi connectivity index (χ0) is 11.8. The highest BCUT2D eigenvalue weighted by molar-refractivity contribution is 4.80. The Hall–Kier alpha value is -0.120. The average Bonchev–Trinajstić information content (AvgIpc) is 2.18. The molecule has 0 unspecified atom stereocenters. The molecule has 0 spiro atoms. The SMILES string of the molecule is CCOC1CC(CCNCCNC(C)C)C1. The summed E-state index contributed by atoms with van der Waals surface area (Å²) in [6, 6.07) is 0.598. The van der Waals surface area contributed by atoms with E-state index < -0.39 is 0 Å². The van der Waals surface area contributed by atoms with E-state index >= 15 is 0 Å². The van der Waals surface area contributed by atoms with Gasteiger partial charge in [0.25, 0.3) is 0 Å². The molecule has 0 aromatic heterocycles. The van der Waals surface area contributed by atoms with Crippen LogP contribution in [-0.2, 0) is 4.74 Å². The van der Waals surface area contributed by atoms with Gasteiger partial charge in [0.1, 0.15) is 0 Å². The van der Waals surface area contributed by atoms with Gasteiger partial charge in [0, 0.05) is 25.7 Å². The fourth-order valence-corrected chi connectivity index (χ4v) is 2.16. The summed E-state index contributed by atoms with van der Waals surface area (Å²) in [6.45, 7) is 10.6. The first-order chi connectivity index (χ1) is 7.72. The Morgan fingerprint density at radius 1 is 1.19 bits per heavy atom. The van der Waals surface area contributed by atoms with Gasteiger partial charge in [-0.2, -0.15) is 0 Å². The molecule has 0 aromatic carbocycles. The van der Waals surface area contributed by atoms with Crippen molar-refractivity contribution in [2.45, 2.75) is 52.2 Å². The van der Waals surface area contributed by atoms with Crippen LogP contribution < -0.4 is 10.6 Å². The van der Waals surface area contributed by atoms with Gasteiger partial charge in [-0.1, -0.05) is 13.8 Å². The predicted molar refractivity (Wildman–Crippen MR) is 68.8 cm³/mol. The summed E-state index contributed by atoms with van der Waals surface area (Å²) >= 11 is 0. The number of nitrogens with one attached hydrogen (secondary N) is 2. The highest BCUT2D eigenvalue weighted by atomic mass is 16.5. The molecule has 1 rings (SSSR count). The minimum atomic E-state index is 0.567. The highest BCUT2D eigenvalue weighted by Crippen LogP contribution is 2.32. The van der Waals surface area contributed by atoms with Gasteiger partial charge in [0.15, 0.2) is 0 Å². The van der Waals surface area contributed by atoms with Crippen molar-refractivity contribution in [2.75, 3.05) is 26.2 Å². The quantitative estimate of drug-likeness (QED) is 0.590. The van der Waals surface area contributed by atoms with Gasteiger partial charge in [0.05, 0.1) is 6.10 Å². The maximum Gasteiger partial charge on any atom is 0.0580 e. The second-order valence-corrected chi connectivity index (χ2v) is 5.06. The molecule has 0 heterocycles. The number of rotatable bonds is 9. The van der Waals surface area contributed by atoms with Crippen molar-refractivity contribution < 1.29 is 4.74 Å². The molecule has 16 heavy (non-hydrogen) atoms. The molecule has 0 bridgehead atoms. The molecule has 1 fully saturated rings. The van der Waals surface area contributed by atoms with Crippen LogP contribution in [0.25, 0.3) is 0 Å². The molecule has 1 saturated carbocycles. The lowest BCUT2D eigenvalue weighted by Crippen LogP contribution is -2.35. The van der Waals surface area contributed by atoms with Gasteiger partial charge in [-0.15, -0.1) is 0 Å². The van der Waals surface area contributed by atoms with Crippen LogP contribution in [-0.4, -0.2) is 38.4 Å². The molecule has 3 heteroatoms.